The van der Waals surface area contributed by atoms with E-state index in [2.05, 4.69) is 9.98 Å². The van der Waals surface area contributed by atoms with E-state index < -0.39 is 23.8 Å². The van der Waals surface area contributed by atoms with Crippen molar-refractivity contribution < 1.29 is 19.8 Å². The zero-order valence-electron chi connectivity index (χ0n) is 12.5. The predicted molar refractivity (Wildman–Crippen MR) is 86.9 cm³/mol. The molecule has 3 heterocycles. The summed E-state index contributed by atoms with van der Waals surface area (Å²) < 4.78 is 0.897. The van der Waals surface area contributed by atoms with Gasteiger partial charge in [-0.15, -0.1) is 11.3 Å². The smallest absolute Gasteiger partial charge is 0.334 e. The van der Waals surface area contributed by atoms with Crippen molar-refractivity contribution in [3.63, 3.8) is 0 Å². The minimum atomic E-state index is -1.15. The number of nitrogens with zero attached hydrogens (tertiary/aromatic N) is 2. The lowest BCUT2D eigenvalue weighted by Crippen LogP contribution is -2.34. The Morgan fingerprint density at radius 2 is 2.00 bits per heavy atom. The Kier molecular flexibility index (Phi) is 3.73. The van der Waals surface area contributed by atoms with Gasteiger partial charge >= 0.3 is 11.9 Å². The summed E-state index contributed by atoms with van der Waals surface area (Å²) in [5, 5.41) is 21.0. The maximum Gasteiger partial charge on any atom is 0.334 e. The van der Waals surface area contributed by atoms with Crippen LogP contribution in [0.15, 0.2) is 40.0 Å². The number of aliphatic carboxylic acids is 2. The van der Waals surface area contributed by atoms with E-state index in [1.807, 2.05) is 6.07 Å². The summed E-state index contributed by atoms with van der Waals surface area (Å²) in [5.41, 5.74) is 2.04. The van der Waals surface area contributed by atoms with Crippen LogP contribution in [0.3, 0.4) is 0 Å². The Morgan fingerprint density at radius 1 is 1.26 bits per heavy atom. The first kappa shape index (κ1) is 15.4. The molecule has 2 atom stereocenters. The highest BCUT2D eigenvalue weighted by Crippen LogP contribution is 2.43. The maximum atomic E-state index is 11.8. The van der Waals surface area contributed by atoms with E-state index in [4.69, 9.17) is 0 Å². The molecule has 3 rings (SSSR count). The number of pyridine rings is 1. The van der Waals surface area contributed by atoms with E-state index in [0.29, 0.717) is 22.5 Å². The van der Waals surface area contributed by atoms with Gasteiger partial charge < -0.3 is 10.2 Å². The molecule has 0 radical (unpaired) electrons. The minimum Gasteiger partial charge on any atom is -0.481 e. The Balaban J connectivity index is 2.29. The van der Waals surface area contributed by atoms with Gasteiger partial charge in [-0.25, -0.2) is 4.79 Å². The first-order valence-electron chi connectivity index (χ1n) is 6.96. The summed E-state index contributed by atoms with van der Waals surface area (Å²) in [6.45, 7) is 3.22. The number of carboxylic acids is 2. The molecule has 0 amide bonds. The van der Waals surface area contributed by atoms with E-state index in [9.17, 15) is 19.8 Å². The topological polar surface area (TPSA) is 99.9 Å². The van der Waals surface area contributed by atoms with Gasteiger partial charge in [0.25, 0.3) is 0 Å². The molecule has 2 unspecified atom stereocenters. The highest BCUT2D eigenvalue weighted by Gasteiger charge is 2.42. The molecule has 0 spiro atoms. The summed E-state index contributed by atoms with van der Waals surface area (Å²) in [5.74, 6) is -4.04. The van der Waals surface area contributed by atoms with Crippen molar-refractivity contribution in [1.29, 1.82) is 0 Å². The number of fused-ring (bicyclic) bond motifs is 1. The molecule has 0 fully saturated rings. The standard InChI is InChI=1S/C16H14N2O4S/c1-7-11(15(19)20)13(12(16(21)22)8(2)18-7)9-6-23-10-4-3-5-17-14(9)10/h3-6,11,13H,1-2H3,(H,19,20)(H,21,22). The fourth-order valence-electron chi connectivity index (χ4n) is 3.08. The molecule has 6 nitrogen and oxygen atoms in total. The second kappa shape index (κ2) is 5.58. The third-order valence-electron chi connectivity index (χ3n) is 4.02. The number of carbonyl (C=O) groups is 2. The number of thiophene rings is 1. The van der Waals surface area contributed by atoms with Gasteiger partial charge in [-0.05, 0) is 36.9 Å². The monoisotopic (exact) mass is 330 g/mol. The largest absolute Gasteiger partial charge is 0.481 e. The normalized spacial score (nSPS) is 21.4. The van der Waals surface area contributed by atoms with Crippen LogP contribution < -0.4 is 0 Å². The highest BCUT2D eigenvalue weighted by atomic mass is 32.1. The number of carboxylic acid groups (broad SMARTS) is 2. The van der Waals surface area contributed by atoms with Crippen LogP contribution in [0.25, 0.3) is 10.2 Å². The fourth-order valence-corrected chi connectivity index (χ4v) is 4.03. The molecule has 0 aromatic carbocycles. The number of hydrogen-bond acceptors (Lipinski definition) is 5. The Morgan fingerprint density at radius 3 is 2.65 bits per heavy atom. The average molecular weight is 330 g/mol. The van der Waals surface area contributed by atoms with Crippen molar-refractivity contribution in [2.75, 3.05) is 0 Å². The quantitative estimate of drug-likeness (QED) is 0.901. The summed E-state index contributed by atoms with van der Waals surface area (Å²) in [6, 6.07) is 3.68. The van der Waals surface area contributed by atoms with Gasteiger partial charge in [-0.2, -0.15) is 0 Å². The fraction of sp³-hybridized carbons (Fsp3) is 0.250. The van der Waals surface area contributed by atoms with Crippen molar-refractivity contribution in [1.82, 2.24) is 4.98 Å². The van der Waals surface area contributed by atoms with Gasteiger partial charge in [0, 0.05) is 23.5 Å². The second-order valence-electron chi connectivity index (χ2n) is 5.39. The molecule has 0 bridgehead atoms. The average Bonchev–Trinajstić information content (AvgIpc) is 2.89. The lowest BCUT2D eigenvalue weighted by Gasteiger charge is -2.29. The third kappa shape index (κ3) is 2.43. The van der Waals surface area contributed by atoms with Crippen LogP contribution in [-0.2, 0) is 9.59 Å². The minimum absolute atomic E-state index is 0.0216. The van der Waals surface area contributed by atoms with E-state index in [0.717, 1.165) is 4.70 Å². The molecule has 0 saturated carbocycles. The molecule has 1 aliphatic heterocycles. The van der Waals surface area contributed by atoms with Gasteiger partial charge in [0.1, 0.15) is 5.92 Å². The van der Waals surface area contributed by atoms with Gasteiger partial charge in [0.15, 0.2) is 0 Å². The summed E-state index contributed by atoms with van der Waals surface area (Å²) in [6.07, 6.45) is 1.62. The van der Waals surface area contributed by atoms with Crippen molar-refractivity contribution in [2.24, 2.45) is 10.9 Å². The van der Waals surface area contributed by atoms with Crippen molar-refractivity contribution in [2.45, 2.75) is 19.8 Å². The van der Waals surface area contributed by atoms with Crippen LogP contribution in [0, 0.1) is 5.92 Å². The molecule has 0 saturated heterocycles. The van der Waals surface area contributed by atoms with E-state index in [1.54, 1.807) is 31.5 Å². The zero-order chi connectivity index (χ0) is 16.7. The number of allylic oxidation sites excluding steroid dienone is 1. The molecule has 2 aromatic rings. The molecule has 0 aliphatic carbocycles. The lowest BCUT2D eigenvalue weighted by molar-refractivity contribution is -0.140. The van der Waals surface area contributed by atoms with Crippen LogP contribution in [0.1, 0.15) is 25.3 Å². The van der Waals surface area contributed by atoms with Gasteiger partial charge in [-0.3, -0.25) is 14.8 Å². The van der Waals surface area contributed by atoms with Crippen molar-refractivity contribution in [3.8, 4) is 0 Å². The SMILES string of the molecule is CC1=NC(C)=C(C(=O)O)C(c2csc3cccnc23)C1C(=O)O. The molecule has 2 N–H and O–H groups in total. The Labute approximate surface area is 135 Å². The second-order valence-corrected chi connectivity index (χ2v) is 6.30. The van der Waals surface area contributed by atoms with Gasteiger partial charge in [0.05, 0.1) is 15.8 Å². The Hall–Kier alpha value is -2.54. The molecule has 2 aromatic heterocycles. The van der Waals surface area contributed by atoms with E-state index in [-0.39, 0.29) is 5.57 Å². The zero-order valence-corrected chi connectivity index (χ0v) is 13.3. The van der Waals surface area contributed by atoms with Crippen LogP contribution in [-0.4, -0.2) is 32.8 Å². The predicted octanol–water partition coefficient (Wildman–Crippen LogP) is 2.91. The summed E-state index contributed by atoms with van der Waals surface area (Å²) >= 11 is 1.43. The Bertz CT molecular complexity index is 881. The maximum absolute atomic E-state index is 11.8. The number of hydrogen-bond donors (Lipinski definition) is 2. The molecular formula is C16H14N2O4S. The van der Waals surface area contributed by atoms with Crippen LogP contribution >= 0.6 is 11.3 Å². The van der Waals surface area contributed by atoms with Crippen LogP contribution in [0.4, 0.5) is 0 Å². The van der Waals surface area contributed by atoms with Crippen molar-refractivity contribution in [3.05, 3.63) is 40.5 Å². The first-order valence-corrected chi connectivity index (χ1v) is 7.84. The molecule has 1 aliphatic rings. The number of rotatable bonds is 3. The highest BCUT2D eigenvalue weighted by molar-refractivity contribution is 7.17. The third-order valence-corrected chi connectivity index (χ3v) is 4.97. The summed E-state index contributed by atoms with van der Waals surface area (Å²) in [7, 11) is 0. The lowest BCUT2D eigenvalue weighted by atomic mass is 9.76. The molecule has 7 heteroatoms. The molecule has 118 valence electrons. The molecular weight excluding hydrogens is 316 g/mol. The first-order chi connectivity index (χ1) is 10.9. The van der Waals surface area contributed by atoms with E-state index >= 15 is 0 Å². The van der Waals surface area contributed by atoms with Gasteiger partial charge in [0.2, 0.25) is 0 Å². The van der Waals surface area contributed by atoms with Crippen LogP contribution in [0.2, 0.25) is 0 Å². The van der Waals surface area contributed by atoms with E-state index in [1.165, 1.54) is 11.3 Å². The number of aliphatic imine (C=N–C) groups is 1. The van der Waals surface area contributed by atoms with Crippen LogP contribution in [0.5, 0.6) is 0 Å². The number of aromatic nitrogens is 1. The summed E-state index contributed by atoms with van der Waals surface area (Å²) in [4.78, 5) is 32.0. The van der Waals surface area contributed by atoms with Gasteiger partial charge in [-0.1, -0.05) is 0 Å². The molecule has 23 heavy (non-hydrogen) atoms. The van der Waals surface area contributed by atoms with Crippen molar-refractivity contribution >= 4 is 39.2 Å².